The maximum absolute atomic E-state index is 11.6. The molecule has 1 aromatic heterocycles. The largest absolute Gasteiger partial charge is 0.398 e. The van der Waals surface area contributed by atoms with E-state index in [1.54, 1.807) is 6.07 Å². The Hall–Kier alpha value is -1.25. The quantitative estimate of drug-likeness (QED) is 0.729. The van der Waals surface area contributed by atoms with E-state index in [-0.39, 0.29) is 5.56 Å². The van der Waals surface area contributed by atoms with E-state index in [0.717, 1.165) is 19.4 Å². The predicted octanol–water partition coefficient (Wildman–Crippen LogP) is 1.33. The summed E-state index contributed by atoms with van der Waals surface area (Å²) in [7, 11) is 0. The number of rotatable bonds is 1. The van der Waals surface area contributed by atoms with E-state index >= 15 is 0 Å². The van der Waals surface area contributed by atoms with Crippen molar-refractivity contribution in [3.8, 4) is 0 Å². The Morgan fingerprint density at radius 2 is 2.14 bits per heavy atom. The van der Waals surface area contributed by atoms with Gasteiger partial charge in [0.05, 0.1) is 0 Å². The number of hydrogen-bond acceptors (Lipinski definition) is 2. The van der Waals surface area contributed by atoms with Gasteiger partial charge in [0.1, 0.15) is 0 Å². The van der Waals surface area contributed by atoms with E-state index in [4.69, 9.17) is 5.73 Å². The molecule has 0 aromatic carbocycles. The monoisotopic (exact) mass is 192 g/mol. The minimum absolute atomic E-state index is 0.0469. The van der Waals surface area contributed by atoms with Crippen LogP contribution in [-0.2, 0) is 19.4 Å². The fourth-order valence-corrected chi connectivity index (χ4v) is 2.28. The molecule has 3 nitrogen and oxygen atoms in total. The molecule has 0 atom stereocenters. The molecule has 1 aliphatic carbocycles. The normalized spacial score (nSPS) is 15.2. The van der Waals surface area contributed by atoms with Crippen LogP contribution in [0.5, 0.6) is 0 Å². The van der Waals surface area contributed by atoms with Crippen LogP contribution in [-0.4, -0.2) is 4.57 Å². The molecule has 1 aromatic rings. The third kappa shape index (κ3) is 1.33. The van der Waals surface area contributed by atoms with Crippen molar-refractivity contribution in [3.05, 3.63) is 27.7 Å². The highest BCUT2D eigenvalue weighted by Gasteiger charge is 2.16. The van der Waals surface area contributed by atoms with Gasteiger partial charge in [-0.3, -0.25) is 4.79 Å². The topological polar surface area (TPSA) is 48.0 Å². The van der Waals surface area contributed by atoms with Gasteiger partial charge in [0.25, 0.3) is 5.56 Å². The lowest BCUT2D eigenvalue weighted by Crippen LogP contribution is -2.26. The molecular weight excluding hydrogens is 176 g/mol. The summed E-state index contributed by atoms with van der Waals surface area (Å²) < 4.78 is 1.85. The van der Waals surface area contributed by atoms with Crippen molar-refractivity contribution in [1.82, 2.24) is 4.57 Å². The summed E-state index contributed by atoms with van der Waals surface area (Å²) in [5.74, 6) is 0. The second-order valence-corrected chi connectivity index (χ2v) is 3.81. The molecule has 3 heteroatoms. The van der Waals surface area contributed by atoms with Crippen LogP contribution in [0.15, 0.2) is 10.9 Å². The number of pyridine rings is 1. The Morgan fingerprint density at radius 1 is 1.43 bits per heavy atom. The molecule has 0 bridgehead atoms. The Bertz CT molecular complexity index is 406. The molecule has 0 spiro atoms. The van der Waals surface area contributed by atoms with Crippen molar-refractivity contribution in [1.29, 1.82) is 0 Å². The third-order valence-corrected chi connectivity index (χ3v) is 2.97. The van der Waals surface area contributed by atoms with Crippen molar-refractivity contribution in [3.63, 3.8) is 0 Å². The van der Waals surface area contributed by atoms with E-state index in [0.29, 0.717) is 5.69 Å². The lowest BCUT2D eigenvalue weighted by Gasteiger charge is -2.21. The molecule has 0 amide bonds. The molecular formula is C11H16N2O. The SMILES string of the molecule is CCn1c2c(c(N)cc1=O)CCCC2. The molecule has 0 saturated carbocycles. The summed E-state index contributed by atoms with van der Waals surface area (Å²) in [6.45, 7) is 2.76. The van der Waals surface area contributed by atoms with Gasteiger partial charge in [-0.25, -0.2) is 0 Å². The number of fused-ring (bicyclic) bond motifs is 1. The molecule has 0 aliphatic heterocycles. The van der Waals surface area contributed by atoms with Gasteiger partial charge in [0.15, 0.2) is 0 Å². The van der Waals surface area contributed by atoms with Gasteiger partial charge in [-0.05, 0) is 38.2 Å². The Kier molecular flexibility index (Phi) is 2.32. The molecule has 14 heavy (non-hydrogen) atoms. The summed E-state index contributed by atoms with van der Waals surface area (Å²) in [5, 5.41) is 0. The molecule has 0 radical (unpaired) electrons. The fraction of sp³-hybridized carbons (Fsp3) is 0.545. The summed E-state index contributed by atoms with van der Waals surface area (Å²) in [6.07, 6.45) is 4.40. The number of nitrogens with zero attached hydrogens (tertiary/aromatic N) is 1. The van der Waals surface area contributed by atoms with Gasteiger partial charge >= 0.3 is 0 Å². The molecule has 1 aliphatic rings. The number of aromatic nitrogens is 1. The molecule has 1 heterocycles. The van der Waals surface area contributed by atoms with Gasteiger partial charge in [0, 0.05) is 24.0 Å². The van der Waals surface area contributed by atoms with Crippen molar-refractivity contribution < 1.29 is 0 Å². The van der Waals surface area contributed by atoms with Crippen molar-refractivity contribution in [2.24, 2.45) is 0 Å². The first-order valence-electron chi connectivity index (χ1n) is 5.25. The highest BCUT2D eigenvalue weighted by Crippen LogP contribution is 2.24. The molecule has 76 valence electrons. The molecule has 2 rings (SSSR count). The fourth-order valence-electron chi connectivity index (χ4n) is 2.28. The van der Waals surface area contributed by atoms with Crippen LogP contribution in [0.2, 0.25) is 0 Å². The smallest absolute Gasteiger partial charge is 0.252 e. The second kappa shape index (κ2) is 3.48. The highest BCUT2D eigenvalue weighted by molar-refractivity contribution is 5.49. The predicted molar refractivity (Wildman–Crippen MR) is 57.4 cm³/mol. The van der Waals surface area contributed by atoms with Crippen molar-refractivity contribution in [2.75, 3.05) is 5.73 Å². The van der Waals surface area contributed by atoms with Crippen molar-refractivity contribution >= 4 is 5.69 Å². The first kappa shape index (κ1) is 9.31. The Labute approximate surface area is 83.5 Å². The van der Waals surface area contributed by atoms with Crippen LogP contribution in [0.25, 0.3) is 0 Å². The molecule has 0 unspecified atom stereocenters. The van der Waals surface area contributed by atoms with Gasteiger partial charge in [0.2, 0.25) is 0 Å². The van der Waals surface area contributed by atoms with E-state index in [1.165, 1.54) is 24.1 Å². The van der Waals surface area contributed by atoms with Gasteiger partial charge < -0.3 is 10.3 Å². The summed E-state index contributed by atoms with van der Waals surface area (Å²) in [6, 6.07) is 1.56. The average molecular weight is 192 g/mol. The number of anilines is 1. The standard InChI is InChI=1S/C11H16N2O/c1-2-13-10-6-4-3-5-8(10)9(12)7-11(13)14/h7H,2-6,12H2,1H3. The van der Waals surface area contributed by atoms with Crippen molar-refractivity contribution in [2.45, 2.75) is 39.2 Å². The lowest BCUT2D eigenvalue weighted by molar-refractivity contribution is 0.593. The minimum atomic E-state index is 0.0469. The van der Waals surface area contributed by atoms with Crippen LogP contribution in [0, 0.1) is 0 Å². The Morgan fingerprint density at radius 3 is 2.86 bits per heavy atom. The van der Waals surface area contributed by atoms with Gasteiger partial charge in [-0.2, -0.15) is 0 Å². The molecule has 2 N–H and O–H groups in total. The van der Waals surface area contributed by atoms with Crippen LogP contribution < -0.4 is 11.3 Å². The van der Waals surface area contributed by atoms with Crippen LogP contribution in [0.1, 0.15) is 31.0 Å². The first-order chi connectivity index (χ1) is 6.74. The van der Waals surface area contributed by atoms with E-state index in [1.807, 2.05) is 11.5 Å². The van der Waals surface area contributed by atoms with Crippen LogP contribution in [0.3, 0.4) is 0 Å². The number of nitrogens with two attached hydrogens (primary N) is 1. The lowest BCUT2D eigenvalue weighted by atomic mass is 9.94. The van der Waals surface area contributed by atoms with Gasteiger partial charge in [-0.1, -0.05) is 0 Å². The molecule has 0 fully saturated rings. The summed E-state index contributed by atoms with van der Waals surface area (Å²) in [5.41, 5.74) is 8.96. The summed E-state index contributed by atoms with van der Waals surface area (Å²) >= 11 is 0. The average Bonchev–Trinajstić information content (AvgIpc) is 2.18. The second-order valence-electron chi connectivity index (χ2n) is 3.81. The highest BCUT2D eigenvalue weighted by atomic mass is 16.1. The Balaban J connectivity index is 2.67. The number of nitrogen functional groups attached to an aromatic ring is 1. The minimum Gasteiger partial charge on any atom is -0.398 e. The molecule has 0 saturated heterocycles. The van der Waals surface area contributed by atoms with Gasteiger partial charge in [-0.15, -0.1) is 0 Å². The zero-order valence-electron chi connectivity index (χ0n) is 8.55. The van der Waals surface area contributed by atoms with Crippen LogP contribution >= 0.6 is 0 Å². The first-order valence-corrected chi connectivity index (χ1v) is 5.25. The zero-order valence-corrected chi connectivity index (χ0v) is 8.55. The summed E-state index contributed by atoms with van der Waals surface area (Å²) in [4.78, 5) is 11.6. The van der Waals surface area contributed by atoms with E-state index in [2.05, 4.69) is 0 Å². The third-order valence-electron chi connectivity index (χ3n) is 2.97. The zero-order chi connectivity index (χ0) is 10.1. The van der Waals surface area contributed by atoms with E-state index in [9.17, 15) is 4.79 Å². The number of hydrogen-bond donors (Lipinski definition) is 1. The van der Waals surface area contributed by atoms with Crippen LogP contribution in [0.4, 0.5) is 5.69 Å². The maximum Gasteiger partial charge on any atom is 0.252 e. The van der Waals surface area contributed by atoms with E-state index < -0.39 is 0 Å². The maximum atomic E-state index is 11.6.